The average molecular weight is 420 g/mol. The monoisotopic (exact) mass is 419 g/mol. The van der Waals surface area contributed by atoms with Crippen LogP contribution in [-0.2, 0) is 4.74 Å². The Kier molecular flexibility index (Phi) is 5.36. The molecule has 0 spiro atoms. The van der Waals surface area contributed by atoms with Gasteiger partial charge >= 0.3 is 6.09 Å². The van der Waals surface area contributed by atoms with Gasteiger partial charge in [-0.15, -0.1) is 0 Å². The second-order valence-corrected chi connectivity index (χ2v) is 9.82. The summed E-state index contributed by atoms with van der Waals surface area (Å²) in [5.41, 5.74) is 1.27. The van der Waals surface area contributed by atoms with Gasteiger partial charge in [0.1, 0.15) is 16.4 Å². The molecule has 2 N–H and O–H groups in total. The van der Waals surface area contributed by atoms with Crippen LogP contribution in [0.3, 0.4) is 0 Å². The van der Waals surface area contributed by atoms with Gasteiger partial charge in [-0.2, -0.15) is 9.61 Å². The van der Waals surface area contributed by atoms with E-state index in [0.29, 0.717) is 22.5 Å². The lowest BCUT2D eigenvalue weighted by Gasteiger charge is -2.22. The van der Waals surface area contributed by atoms with Crippen LogP contribution in [0.25, 0.3) is 5.65 Å². The predicted molar refractivity (Wildman–Crippen MR) is 114 cm³/mol. The Hall–Kier alpha value is -2.02. The maximum Gasteiger partial charge on any atom is 0.407 e. The van der Waals surface area contributed by atoms with Gasteiger partial charge in [0.2, 0.25) is 0 Å². The van der Waals surface area contributed by atoms with Gasteiger partial charge in [0, 0.05) is 29.8 Å². The lowest BCUT2D eigenvalue weighted by atomic mass is 10.0. The van der Waals surface area contributed by atoms with E-state index in [2.05, 4.69) is 28.7 Å². The number of amides is 1. The number of nitrogens with one attached hydrogen (secondary N) is 2. The lowest BCUT2D eigenvalue weighted by molar-refractivity contribution is 0.0505. The van der Waals surface area contributed by atoms with Crippen LogP contribution in [0.4, 0.5) is 10.6 Å². The maximum atomic E-state index is 12.1. The highest BCUT2D eigenvalue weighted by molar-refractivity contribution is 6.33. The minimum Gasteiger partial charge on any atom is -0.444 e. The molecule has 2 aromatic heterocycles. The summed E-state index contributed by atoms with van der Waals surface area (Å²) < 4.78 is 7.15. The zero-order valence-electron chi connectivity index (χ0n) is 17.5. The van der Waals surface area contributed by atoms with Crippen molar-refractivity contribution in [2.75, 3.05) is 5.32 Å². The van der Waals surface area contributed by atoms with Gasteiger partial charge < -0.3 is 15.4 Å². The molecule has 2 aliphatic rings. The largest absolute Gasteiger partial charge is 0.444 e. The molecule has 7 nitrogen and oxygen atoms in total. The molecule has 3 atom stereocenters. The van der Waals surface area contributed by atoms with Crippen LogP contribution in [0.15, 0.2) is 12.3 Å². The minimum atomic E-state index is -0.489. The summed E-state index contributed by atoms with van der Waals surface area (Å²) in [6.07, 6.45) is 6.54. The summed E-state index contributed by atoms with van der Waals surface area (Å²) in [5.74, 6) is 2.04. The Morgan fingerprint density at radius 3 is 2.69 bits per heavy atom. The Bertz CT molecular complexity index is 902. The molecule has 2 heterocycles. The normalized spacial score (nSPS) is 23.2. The summed E-state index contributed by atoms with van der Waals surface area (Å²) in [6.45, 7) is 7.85. The number of anilines is 1. The highest BCUT2D eigenvalue weighted by Gasteiger charge is 2.32. The molecule has 158 valence electrons. The molecule has 0 bridgehead atoms. The molecule has 8 heteroatoms. The smallest absolute Gasteiger partial charge is 0.407 e. The lowest BCUT2D eigenvalue weighted by Crippen LogP contribution is -2.38. The van der Waals surface area contributed by atoms with E-state index < -0.39 is 5.60 Å². The molecule has 2 aromatic rings. The van der Waals surface area contributed by atoms with E-state index in [1.807, 2.05) is 20.8 Å². The van der Waals surface area contributed by atoms with Crippen LogP contribution in [-0.4, -0.2) is 38.4 Å². The third kappa shape index (κ3) is 4.77. The van der Waals surface area contributed by atoms with Gasteiger partial charge in [0.15, 0.2) is 5.65 Å². The molecule has 0 saturated heterocycles. The van der Waals surface area contributed by atoms with Crippen molar-refractivity contribution < 1.29 is 9.53 Å². The molecular weight excluding hydrogens is 390 g/mol. The number of carbonyl (C=O) groups is 1. The van der Waals surface area contributed by atoms with E-state index >= 15 is 0 Å². The summed E-state index contributed by atoms with van der Waals surface area (Å²) in [6, 6.07) is 2.45. The molecule has 4 rings (SSSR count). The second-order valence-electron chi connectivity index (χ2n) is 9.42. The molecule has 0 radical (unpaired) electrons. The van der Waals surface area contributed by atoms with Crippen molar-refractivity contribution in [1.82, 2.24) is 19.9 Å². The zero-order chi connectivity index (χ0) is 20.8. The Balaban J connectivity index is 1.46. The van der Waals surface area contributed by atoms with Gasteiger partial charge in [-0.1, -0.05) is 18.5 Å². The zero-order valence-corrected chi connectivity index (χ0v) is 18.3. The van der Waals surface area contributed by atoms with E-state index in [-0.39, 0.29) is 18.2 Å². The fourth-order valence-electron chi connectivity index (χ4n) is 4.06. The average Bonchev–Trinajstić information content (AvgIpc) is 3.29. The number of carbonyl (C=O) groups excluding carboxylic acids is 1. The predicted octanol–water partition coefficient (Wildman–Crippen LogP) is 4.75. The van der Waals surface area contributed by atoms with Crippen molar-refractivity contribution in [3.63, 3.8) is 0 Å². The summed E-state index contributed by atoms with van der Waals surface area (Å²) in [7, 11) is 0. The van der Waals surface area contributed by atoms with Gasteiger partial charge in [-0.3, -0.25) is 0 Å². The first-order valence-electron chi connectivity index (χ1n) is 10.5. The van der Waals surface area contributed by atoms with Crippen molar-refractivity contribution in [1.29, 1.82) is 0 Å². The number of alkyl carbamates (subject to hydrolysis) is 1. The van der Waals surface area contributed by atoms with Gasteiger partial charge in [0.25, 0.3) is 0 Å². The molecule has 0 aliphatic heterocycles. The van der Waals surface area contributed by atoms with E-state index in [9.17, 15) is 4.79 Å². The second kappa shape index (κ2) is 7.67. The molecule has 2 fully saturated rings. The van der Waals surface area contributed by atoms with Crippen molar-refractivity contribution >= 4 is 29.2 Å². The fourth-order valence-corrected chi connectivity index (χ4v) is 4.22. The number of aromatic nitrogens is 3. The Morgan fingerprint density at radius 2 is 2.00 bits per heavy atom. The van der Waals surface area contributed by atoms with Gasteiger partial charge in [-0.25, -0.2) is 9.78 Å². The number of rotatable bonds is 5. The number of hydrogen-bond acceptors (Lipinski definition) is 5. The van der Waals surface area contributed by atoms with E-state index in [1.165, 1.54) is 12.8 Å². The van der Waals surface area contributed by atoms with Crippen LogP contribution in [0.2, 0.25) is 5.02 Å². The Morgan fingerprint density at radius 1 is 1.28 bits per heavy atom. The van der Waals surface area contributed by atoms with Crippen LogP contribution >= 0.6 is 11.6 Å². The van der Waals surface area contributed by atoms with Crippen LogP contribution < -0.4 is 10.6 Å². The molecule has 1 unspecified atom stereocenters. The first kappa shape index (κ1) is 20.3. The highest BCUT2D eigenvalue weighted by Crippen LogP contribution is 2.42. The van der Waals surface area contributed by atoms with E-state index in [0.717, 1.165) is 30.8 Å². The quantitative estimate of drug-likeness (QED) is 0.730. The summed E-state index contributed by atoms with van der Waals surface area (Å²) in [4.78, 5) is 16.8. The molecule has 2 aliphatic carbocycles. The van der Waals surface area contributed by atoms with Gasteiger partial charge in [0.05, 0.1) is 6.20 Å². The number of halogens is 1. The number of fused-ring (bicyclic) bond motifs is 1. The van der Waals surface area contributed by atoms with Crippen molar-refractivity contribution in [2.45, 2.75) is 83.4 Å². The third-order valence-corrected chi connectivity index (χ3v) is 6.02. The van der Waals surface area contributed by atoms with Crippen LogP contribution in [0.1, 0.15) is 71.4 Å². The topological polar surface area (TPSA) is 80.5 Å². The van der Waals surface area contributed by atoms with Crippen molar-refractivity contribution in [2.24, 2.45) is 5.92 Å². The van der Waals surface area contributed by atoms with Crippen molar-refractivity contribution in [3.8, 4) is 0 Å². The highest BCUT2D eigenvalue weighted by atomic mass is 35.5. The SMILES string of the molecule is CC(c1cc(N[C@H]2CC[C@H](NC(=O)OC(C)(C)C)C2)n2ncc(Cl)c2n1)C1CC1. The van der Waals surface area contributed by atoms with Crippen molar-refractivity contribution in [3.05, 3.63) is 23.0 Å². The summed E-state index contributed by atoms with van der Waals surface area (Å²) >= 11 is 6.33. The first-order valence-corrected chi connectivity index (χ1v) is 10.9. The van der Waals surface area contributed by atoms with E-state index in [1.54, 1.807) is 10.7 Å². The number of hydrogen-bond donors (Lipinski definition) is 2. The molecule has 29 heavy (non-hydrogen) atoms. The third-order valence-electron chi connectivity index (χ3n) is 5.75. The Labute approximate surface area is 176 Å². The number of nitrogens with zero attached hydrogens (tertiary/aromatic N) is 3. The van der Waals surface area contributed by atoms with Crippen LogP contribution in [0.5, 0.6) is 0 Å². The van der Waals surface area contributed by atoms with Gasteiger partial charge in [-0.05, 0) is 58.8 Å². The van der Waals surface area contributed by atoms with Crippen LogP contribution in [0, 0.1) is 5.92 Å². The maximum absolute atomic E-state index is 12.1. The molecule has 2 saturated carbocycles. The standard InChI is InChI=1S/C21H30ClN5O2/c1-12(13-5-6-13)17-10-18(27-19(26-17)16(22)11-23-27)24-14-7-8-15(9-14)25-20(28)29-21(2,3)4/h10-15,24H,5-9H2,1-4H3,(H,25,28)/t12?,14-,15-/m0/s1. The molecular formula is C21H30ClN5O2. The molecule has 1 amide bonds. The van der Waals surface area contributed by atoms with E-state index in [4.69, 9.17) is 21.3 Å². The fraction of sp³-hybridized carbons (Fsp3) is 0.667. The summed E-state index contributed by atoms with van der Waals surface area (Å²) in [5, 5.41) is 11.6. The number of ether oxygens (including phenoxy) is 1. The molecule has 0 aromatic carbocycles. The minimum absolute atomic E-state index is 0.103. The first-order chi connectivity index (χ1) is 13.7.